The number of amides is 1. The Morgan fingerprint density at radius 1 is 1.40 bits per heavy atom. The fraction of sp³-hybridized carbons (Fsp3) is 0.400. The topological polar surface area (TPSA) is 55.1 Å². The molecule has 25 heavy (non-hydrogen) atoms. The van der Waals surface area contributed by atoms with Crippen molar-refractivity contribution in [3.8, 4) is 0 Å². The molecule has 1 heterocycles. The molecule has 1 aromatic heterocycles. The first kappa shape index (κ1) is 17.7. The van der Waals surface area contributed by atoms with Gasteiger partial charge in [0.2, 0.25) is 0 Å². The summed E-state index contributed by atoms with van der Waals surface area (Å²) in [5, 5.41) is 7.53. The summed E-state index contributed by atoms with van der Waals surface area (Å²) in [6, 6.07) is 7.67. The van der Waals surface area contributed by atoms with Crippen LogP contribution in [0.3, 0.4) is 0 Å². The standard InChI is InChI=1S/C20H23ClN2O2/c1-3-4-14(17-11-16(21)8-5-13(17)2)9-10-22-20(24)18-12-19(25-23-18)15-6-7-15/h4-5,8,11-12,15H,3,6-7,9-10H2,1-2H3,(H,22,24)/b14-4-. The Balaban J connectivity index is 1.60. The number of nitrogens with zero attached hydrogens (tertiary/aromatic N) is 1. The highest BCUT2D eigenvalue weighted by molar-refractivity contribution is 6.30. The van der Waals surface area contributed by atoms with E-state index in [1.54, 1.807) is 6.07 Å². The summed E-state index contributed by atoms with van der Waals surface area (Å²) in [6.07, 6.45) is 6.12. The molecule has 1 amide bonds. The van der Waals surface area contributed by atoms with Gasteiger partial charge >= 0.3 is 0 Å². The predicted octanol–water partition coefficient (Wildman–Crippen LogP) is 5.13. The Bertz CT molecular complexity index is 791. The van der Waals surface area contributed by atoms with Gasteiger partial charge in [-0.25, -0.2) is 0 Å². The summed E-state index contributed by atoms with van der Waals surface area (Å²) < 4.78 is 5.24. The lowest BCUT2D eigenvalue weighted by molar-refractivity contribution is 0.0945. The van der Waals surface area contributed by atoms with E-state index in [0.29, 0.717) is 18.2 Å². The van der Waals surface area contributed by atoms with Crippen molar-refractivity contribution < 1.29 is 9.32 Å². The summed E-state index contributed by atoms with van der Waals surface area (Å²) in [7, 11) is 0. The van der Waals surface area contributed by atoms with E-state index < -0.39 is 0 Å². The number of carbonyl (C=O) groups excluding carboxylic acids is 1. The van der Waals surface area contributed by atoms with Gasteiger partial charge in [-0.2, -0.15) is 0 Å². The molecule has 1 N–H and O–H groups in total. The second-order valence-corrected chi connectivity index (χ2v) is 6.93. The first-order chi connectivity index (χ1) is 12.1. The van der Waals surface area contributed by atoms with E-state index in [2.05, 4.69) is 30.4 Å². The minimum absolute atomic E-state index is 0.186. The third kappa shape index (κ3) is 4.51. The molecule has 2 aromatic rings. The van der Waals surface area contributed by atoms with Crippen molar-refractivity contribution in [3.05, 3.63) is 57.9 Å². The van der Waals surface area contributed by atoms with Gasteiger partial charge in [-0.1, -0.05) is 35.8 Å². The molecule has 1 aromatic carbocycles. The van der Waals surface area contributed by atoms with Crippen LogP contribution >= 0.6 is 11.6 Å². The normalized spacial score (nSPS) is 14.6. The number of rotatable bonds is 7. The molecule has 0 spiro atoms. The van der Waals surface area contributed by atoms with Crippen LogP contribution in [0, 0.1) is 6.92 Å². The number of hydrogen-bond donors (Lipinski definition) is 1. The second kappa shape index (κ2) is 7.87. The van der Waals surface area contributed by atoms with Crippen molar-refractivity contribution in [2.24, 2.45) is 0 Å². The van der Waals surface area contributed by atoms with E-state index in [1.165, 1.54) is 11.1 Å². The smallest absolute Gasteiger partial charge is 0.273 e. The van der Waals surface area contributed by atoms with Crippen LogP contribution in [-0.2, 0) is 0 Å². The first-order valence-electron chi connectivity index (χ1n) is 8.79. The number of nitrogens with one attached hydrogen (secondary N) is 1. The number of allylic oxidation sites excluding steroid dienone is 1. The SMILES string of the molecule is CC/C=C(/CCNC(=O)c1cc(C2CC2)on1)c1cc(Cl)ccc1C. The molecular weight excluding hydrogens is 336 g/mol. The van der Waals surface area contributed by atoms with Gasteiger partial charge in [0.1, 0.15) is 5.76 Å². The van der Waals surface area contributed by atoms with E-state index in [-0.39, 0.29) is 5.91 Å². The zero-order chi connectivity index (χ0) is 17.8. The third-order valence-electron chi connectivity index (χ3n) is 4.42. The highest BCUT2D eigenvalue weighted by Crippen LogP contribution is 2.40. The number of aryl methyl sites for hydroxylation is 1. The molecule has 3 rings (SSSR count). The predicted molar refractivity (Wildman–Crippen MR) is 99.9 cm³/mol. The molecule has 1 aliphatic rings. The molecule has 0 radical (unpaired) electrons. The van der Waals surface area contributed by atoms with E-state index in [0.717, 1.165) is 42.0 Å². The van der Waals surface area contributed by atoms with E-state index in [9.17, 15) is 4.79 Å². The maximum absolute atomic E-state index is 12.2. The molecule has 1 fully saturated rings. The fourth-order valence-corrected chi connectivity index (χ4v) is 3.06. The summed E-state index contributed by atoms with van der Waals surface area (Å²) >= 11 is 6.14. The molecule has 0 bridgehead atoms. The van der Waals surface area contributed by atoms with Gasteiger partial charge < -0.3 is 9.84 Å². The van der Waals surface area contributed by atoms with Crippen LogP contribution in [0.4, 0.5) is 0 Å². The largest absolute Gasteiger partial charge is 0.360 e. The maximum atomic E-state index is 12.2. The van der Waals surface area contributed by atoms with E-state index in [4.69, 9.17) is 16.1 Å². The second-order valence-electron chi connectivity index (χ2n) is 6.49. The molecule has 1 aliphatic carbocycles. The number of carbonyl (C=O) groups is 1. The summed E-state index contributed by atoms with van der Waals surface area (Å²) in [6.45, 7) is 4.72. The number of benzene rings is 1. The van der Waals surface area contributed by atoms with Crippen LogP contribution in [0.1, 0.15) is 65.9 Å². The van der Waals surface area contributed by atoms with Gasteiger partial charge in [0.05, 0.1) is 0 Å². The lowest BCUT2D eigenvalue weighted by atomic mass is 9.97. The Labute approximate surface area is 153 Å². The number of aromatic nitrogens is 1. The lowest BCUT2D eigenvalue weighted by Crippen LogP contribution is -2.25. The third-order valence-corrected chi connectivity index (χ3v) is 4.65. The highest BCUT2D eigenvalue weighted by atomic mass is 35.5. The molecule has 1 saturated carbocycles. The minimum atomic E-state index is -0.186. The minimum Gasteiger partial charge on any atom is -0.360 e. The first-order valence-corrected chi connectivity index (χ1v) is 9.16. The number of halogens is 1. The van der Waals surface area contributed by atoms with Crippen molar-refractivity contribution >= 4 is 23.1 Å². The van der Waals surface area contributed by atoms with Crippen molar-refractivity contribution in [2.75, 3.05) is 6.54 Å². The molecule has 0 aliphatic heterocycles. The zero-order valence-corrected chi connectivity index (χ0v) is 15.4. The average Bonchev–Trinajstić information content (AvgIpc) is 3.33. The van der Waals surface area contributed by atoms with Crippen molar-refractivity contribution in [1.82, 2.24) is 10.5 Å². The van der Waals surface area contributed by atoms with Gasteiger partial charge in [-0.15, -0.1) is 0 Å². The Morgan fingerprint density at radius 2 is 2.20 bits per heavy atom. The molecule has 5 heteroatoms. The average molecular weight is 359 g/mol. The summed E-state index contributed by atoms with van der Waals surface area (Å²) in [5.41, 5.74) is 3.88. The summed E-state index contributed by atoms with van der Waals surface area (Å²) in [5.74, 6) is 1.10. The number of hydrogen-bond acceptors (Lipinski definition) is 3. The van der Waals surface area contributed by atoms with Crippen molar-refractivity contribution in [2.45, 2.75) is 45.4 Å². The lowest BCUT2D eigenvalue weighted by Gasteiger charge is -2.12. The van der Waals surface area contributed by atoms with Crippen LogP contribution in [0.5, 0.6) is 0 Å². The quantitative estimate of drug-likeness (QED) is 0.746. The van der Waals surface area contributed by atoms with E-state index >= 15 is 0 Å². The van der Waals surface area contributed by atoms with Crippen molar-refractivity contribution in [1.29, 1.82) is 0 Å². The van der Waals surface area contributed by atoms with Gasteiger partial charge in [-0.3, -0.25) is 4.79 Å². The summed E-state index contributed by atoms with van der Waals surface area (Å²) in [4.78, 5) is 12.2. The van der Waals surface area contributed by atoms with Crippen molar-refractivity contribution in [3.63, 3.8) is 0 Å². The Kier molecular flexibility index (Phi) is 5.59. The van der Waals surface area contributed by atoms with Crippen LogP contribution < -0.4 is 5.32 Å². The van der Waals surface area contributed by atoms with Crippen LogP contribution in [0.25, 0.3) is 5.57 Å². The van der Waals surface area contributed by atoms with Gasteiger partial charge in [0.25, 0.3) is 5.91 Å². The fourth-order valence-electron chi connectivity index (χ4n) is 2.89. The monoisotopic (exact) mass is 358 g/mol. The Morgan fingerprint density at radius 3 is 2.92 bits per heavy atom. The van der Waals surface area contributed by atoms with Crippen LogP contribution in [0.2, 0.25) is 5.02 Å². The van der Waals surface area contributed by atoms with Gasteiger partial charge in [0.15, 0.2) is 5.69 Å². The maximum Gasteiger partial charge on any atom is 0.273 e. The molecule has 0 atom stereocenters. The van der Waals surface area contributed by atoms with Gasteiger partial charge in [0, 0.05) is 23.6 Å². The zero-order valence-electron chi connectivity index (χ0n) is 14.6. The molecule has 0 unspecified atom stereocenters. The molecule has 0 saturated heterocycles. The molecule has 4 nitrogen and oxygen atoms in total. The van der Waals surface area contributed by atoms with Crippen LogP contribution in [-0.4, -0.2) is 17.6 Å². The molecule has 132 valence electrons. The highest BCUT2D eigenvalue weighted by Gasteiger charge is 2.28. The Hall–Kier alpha value is -2.07. The van der Waals surface area contributed by atoms with Gasteiger partial charge in [-0.05, 0) is 61.4 Å². The van der Waals surface area contributed by atoms with E-state index in [1.807, 2.05) is 18.2 Å². The molecular formula is C20H23ClN2O2. The van der Waals surface area contributed by atoms with Crippen LogP contribution in [0.15, 0.2) is 34.9 Å².